The predicted octanol–water partition coefficient (Wildman–Crippen LogP) is 4.33. The van der Waals surface area contributed by atoms with E-state index >= 15 is 0 Å². The molecule has 0 saturated heterocycles. The van der Waals surface area contributed by atoms with Crippen LogP contribution in [0.4, 0.5) is 0 Å². The van der Waals surface area contributed by atoms with Crippen LogP contribution in [0.3, 0.4) is 0 Å². The molecular formula is C20H17NO. The monoisotopic (exact) mass is 287 g/mol. The van der Waals surface area contributed by atoms with Crippen molar-refractivity contribution in [3.05, 3.63) is 90.0 Å². The third-order valence-corrected chi connectivity index (χ3v) is 4.01. The molecule has 4 rings (SSSR count). The Morgan fingerprint density at radius 3 is 2.45 bits per heavy atom. The number of nitrogens with one attached hydrogen (secondary N) is 1. The van der Waals surface area contributed by atoms with Crippen molar-refractivity contribution in [3.63, 3.8) is 0 Å². The number of benzene rings is 3. The van der Waals surface area contributed by atoms with Gasteiger partial charge in [0.25, 0.3) is 0 Å². The fourth-order valence-corrected chi connectivity index (χ4v) is 2.85. The Morgan fingerprint density at radius 2 is 1.59 bits per heavy atom. The first-order valence-electron chi connectivity index (χ1n) is 7.55. The van der Waals surface area contributed by atoms with E-state index in [1.807, 2.05) is 6.07 Å². The van der Waals surface area contributed by atoms with Crippen LogP contribution in [0.25, 0.3) is 16.5 Å². The van der Waals surface area contributed by atoms with Gasteiger partial charge in [0.2, 0.25) is 0 Å². The van der Waals surface area contributed by atoms with Gasteiger partial charge in [0, 0.05) is 12.0 Å². The Balaban J connectivity index is 1.58. The van der Waals surface area contributed by atoms with Gasteiger partial charge in [-0.05, 0) is 28.5 Å². The summed E-state index contributed by atoms with van der Waals surface area (Å²) in [6.45, 7) is 0. The maximum atomic E-state index is 5.69. The number of hydroxylamine groups is 1. The highest BCUT2D eigenvalue weighted by Gasteiger charge is 2.17. The van der Waals surface area contributed by atoms with Crippen molar-refractivity contribution in [2.24, 2.45) is 0 Å². The highest BCUT2D eigenvalue weighted by molar-refractivity contribution is 5.86. The molecule has 3 aromatic rings. The molecule has 0 amide bonds. The Morgan fingerprint density at radius 1 is 0.818 bits per heavy atom. The van der Waals surface area contributed by atoms with Crippen LogP contribution in [0.2, 0.25) is 0 Å². The Hall–Kier alpha value is -2.58. The lowest BCUT2D eigenvalue weighted by Gasteiger charge is -2.07. The molecule has 1 aliphatic rings. The lowest BCUT2D eigenvalue weighted by atomic mass is 10.0. The maximum absolute atomic E-state index is 5.69. The topological polar surface area (TPSA) is 21.3 Å². The van der Waals surface area contributed by atoms with E-state index in [0.717, 1.165) is 17.7 Å². The largest absolute Gasteiger partial charge is 0.268 e. The fraction of sp³-hybridized carbons (Fsp3) is 0.100. The van der Waals surface area contributed by atoms with Gasteiger partial charge in [0.1, 0.15) is 6.10 Å². The molecule has 2 nitrogen and oxygen atoms in total. The molecule has 2 heteroatoms. The summed E-state index contributed by atoms with van der Waals surface area (Å²) in [5.74, 6) is 0. The van der Waals surface area contributed by atoms with Crippen molar-refractivity contribution < 1.29 is 4.84 Å². The third kappa shape index (κ3) is 2.61. The molecule has 108 valence electrons. The second-order valence-electron chi connectivity index (χ2n) is 5.59. The summed E-state index contributed by atoms with van der Waals surface area (Å²) in [4.78, 5) is 5.69. The average Bonchev–Trinajstić information content (AvgIpc) is 3.04. The minimum absolute atomic E-state index is 0.0730. The van der Waals surface area contributed by atoms with Crippen molar-refractivity contribution in [1.82, 2.24) is 5.48 Å². The summed E-state index contributed by atoms with van der Waals surface area (Å²) in [7, 11) is 0. The van der Waals surface area contributed by atoms with Crippen molar-refractivity contribution >= 4 is 16.5 Å². The van der Waals surface area contributed by atoms with Gasteiger partial charge in [-0.25, -0.2) is 0 Å². The summed E-state index contributed by atoms with van der Waals surface area (Å²) >= 11 is 0. The molecule has 0 bridgehead atoms. The molecular weight excluding hydrogens is 270 g/mol. The lowest BCUT2D eigenvalue weighted by Crippen LogP contribution is -2.14. The van der Waals surface area contributed by atoms with Gasteiger partial charge >= 0.3 is 0 Å². The molecule has 3 aromatic carbocycles. The van der Waals surface area contributed by atoms with Crippen LogP contribution in [-0.4, -0.2) is 6.10 Å². The van der Waals surface area contributed by atoms with Crippen molar-refractivity contribution in [3.8, 4) is 0 Å². The second-order valence-corrected chi connectivity index (χ2v) is 5.59. The van der Waals surface area contributed by atoms with Crippen LogP contribution < -0.4 is 5.48 Å². The van der Waals surface area contributed by atoms with E-state index in [0.29, 0.717) is 0 Å². The molecule has 1 atom stereocenters. The van der Waals surface area contributed by atoms with Gasteiger partial charge in [-0.3, -0.25) is 10.3 Å². The summed E-state index contributed by atoms with van der Waals surface area (Å²) in [6, 6.07) is 25.3. The summed E-state index contributed by atoms with van der Waals surface area (Å²) in [5, 5.41) is 2.50. The number of fused-ring (bicyclic) bond motifs is 1. The molecule has 0 saturated carbocycles. The standard InChI is InChI=1S/C20H17NO/c1-2-6-15(7-3-1)12-19-14-20(21-22-19)18-11-10-16-8-4-5-9-17(16)13-18/h1-11,13-14,19,21H,12H2. The highest BCUT2D eigenvalue weighted by atomic mass is 16.7. The molecule has 0 aromatic heterocycles. The zero-order chi connectivity index (χ0) is 14.8. The summed E-state index contributed by atoms with van der Waals surface area (Å²) in [5.41, 5.74) is 6.56. The molecule has 1 N–H and O–H groups in total. The van der Waals surface area contributed by atoms with Gasteiger partial charge in [-0.15, -0.1) is 0 Å². The zero-order valence-electron chi connectivity index (χ0n) is 12.2. The van der Waals surface area contributed by atoms with Gasteiger partial charge in [-0.2, -0.15) is 0 Å². The maximum Gasteiger partial charge on any atom is 0.110 e. The van der Waals surface area contributed by atoms with E-state index in [9.17, 15) is 0 Å². The molecule has 1 aliphatic heterocycles. The van der Waals surface area contributed by atoms with Crippen LogP contribution in [0.1, 0.15) is 11.1 Å². The van der Waals surface area contributed by atoms with Gasteiger partial charge in [-0.1, -0.05) is 66.7 Å². The fourth-order valence-electron chi connectivity index (χ4n) is 2.85. The normalized spacial score (nSPS) is 17.3. The molecule has 0 spiro atoms. The highest BCUT2D eigenvalue weighted by Crippen LogP contribution is 2.24. The molecule has 1 unspecified atom stereocenters. The SMILES string of the molecule is C1=C(c2ccc3ccccc3c2)NOC1Cc1ccccc1. The van der Waals surface area contributed by atoms with Gasteiger partial charge in [0.05, 0.1) is 5.70 Å². The van der Waals surface area contributed by atoms with Crippen LogP contribution >= 0.6 is 0 Å². The number of hydrogen-bond acceptors (Lipinski definition) is 2. The Bertz CT molecular complexity index is 823. The quantitative estimate of drug-likeness (QED) is 0.774. The molecule has 0 radical (unpaired) electrons. The molecule has 0 fully saturated rings. The van der Waals surface area contributed by atoms with Crippen LogP contribution in [-0.2, 0) is 11.3 Å². The Labute approximate surface area is 130 Å². The Kier molecular flexibility index (Phi) is 3.37. The molecule has 22 heavy (non-hydrogen) atoms. The molecule has 1 heterocycles. The molecule has 0 aliphatic carbocycles. The van der Waals surface area contributed by atoms with E-state index in [2.05, 4.69) is 78.3 Å². The zero-order valence-corrected chi connectivity index (χ0v) is 12.2. The first kappa shape index (κ1) is 13.1. The first-order chi connectivity index (χ1) is 10.9. The second kappa shape index (κ2) is 5.66. The van der Waals surface area contributed by atoms with E-state index in [1.54, 1.807) is 0 Å². The van der Waals surface area contributed by atoms with Gasteiger partial charge in [0.15, 0.2) is 0 Å². The van der Waals surface area contributed by atoms with Gasteiger partial charge < -0.3 is 0 Å². The minimum atomic E-state index is 0.0730. The lowest BCUT2D eigenvalue weighted by molar-refractivity contribution is 0.0520. The minimum Gasteiger partial charge on any atom is -0.268 e. The van der Waals surface area contributed by atoms with E-state index in [-0.39, 0.29) is 6.10 Å². The number of hydrogen-bond donors (Lipinski definition) is 1. The third-order valence-electron chi connectivity index (χ3n) is 4.01. The number of rotatable bonds is 3. The van der Waals surface area contributed by atoms with Crippen molar-refractivity contribution in [2.45, 2.75) is 12.5 Å². The van der Waals surface area contributed by atoms with Crippen molar-refractivity contribution in [2.75, 3.05) is 0 Å². The van der Waals surface area contributed by atoms with Crippen LogP contribution in [0, 0.1) is 0 Å². The van der Waals surface area contributed by atoms with E-state index < -0.39 is 0 Å². The van der Waals surface area contributed by atoms with E-state index in [1.165, 1.54) is 16.3 Å². The predicted molar refractivity (Wildman–Crippen MR) is 90.1 cm³/mol. The average molecular weight is 287 g/mol. The van der Waals surface area contributed by atoms with Crippen LogP contribution in [0.15, 0.2) is 78.9 Å². The van der Waals surface area contributed by atoms with Crippen molar-refractivity contribution in [1.29, 1.82) is 0 Å². The summed E-state index contributed by atoms with van der Waals surface area (Å²) < 4.78 is 0. The van der Waals surface area contributed by atoms with E-state index in [4.69, 9.17) is 4.84 Å². The first-order valence-corrected chi connectivity index (χ1v) is 7.55. The smallest absolute Gasteiger partial charge is 0.110 e. The van der Waals surface area contributed by atoms with Crippen LogP contribution in [0.5, 0.6) is 0 Å². The summed E-state index contributed by atoms with van der Waals surface area (Å²) in [6.07, 6.45) is 3.12.